The molecular weight excluding hydrogens is 226 g/mol. The zero-order chi connectivity index (χ0) is 12.8. The summed E-state index contributed by atoms with van der Waals surface area (Å²) in [6, 6.07) is 9.63. The van der Waals surface area contributed by atoms with Crippen molar-refractivity contribution in [2.24, 2.45) is 0 Å². The maximum Gasteiger partial charge on any atom is 0.238 e. The number of aromatic nitrogens is 1. The molecule has 0 bridgehead atoms. The Hall–Kier alpha value is -2.38. The van der Waals surface area contributed by atoms with Crippen molar-refractivity contribution in [2.75, 3.05) is 18.4 Å². The molecule has 4 heteroatoms. The molecule has 18 heavy (non-hydrogen) atoms. The van der Waals surface area contributed by atoms with E-state index in [1.54, 1.807) is 6.20 Å². The van der Waals surface area contributed by atoms with E-state index in [1.807, 2.05) is 30.3 Å². The molecule has 2 aromatic rings. The molecule has 0 saturated carbocycles. The first-order valence-corrected chi connectivity index (χ1v) is 5.58. The van der Waals surface area contributed by atoms with Gasteiger partial charge in [0.05, 0.1) is 30.5 Å². The fraction of sp³-hybridized carbons (Fsp3) is 0.143. The first kappa shape index (κ1) is 12.1. The Balaban J connectivity index is 2.03. The number of carbonyl (C=O) groups is 1. The second kappa shape index (κ2) is 5.80. The Morgan fingerprint density at radius 2 is 2.22 bits per heavy atom. The van der Waals surface area contributed by atoms with Crippen molar-refractivity contribution in [2.45, 2.75) is 0 Å². The van der Waals surface area contributed by atoms with Gasteiger partial charge in [-0.25, -0.2) is 0 Å². The molecule has 0 unspecified atom stereocenters. The number of para-hydroxylation sites is 1. The number of nitrogens with one attached hydrogen (secondary N) is 2. The quantitative estimate of drug-likeness (QED) is 0.626. The van der Waals surface area contributed by atoms with Crippen LogP contribution in [0.3, 0.4) is 0 Å². The number of anilines is 1. The van der Waals surface area contributed by atoms with Crippen LogP contribution in [0.2, 0.25) is 0 Å². The molecule has 1 aromatic carbocycles. The first-order chi connectivity index (χ1) is 8.79. The number of hydrogen-bond donors (Lipinski definition) is 2. The number of rotatable bonds is 4. The summed E-state index contributed by atoms with van der Waals surface area (Å²) in [5, 5.41) is 6.58. The van der Waals surface area contributed by atoms with Gasteiger partial charge in [-0.3, -0.25) is 15.1 Å². The highest BCUT2D eigenvalue weighted by Gasteiger charge is 2.02. The van der Waals surface area contributed by atoms with Crippen molar-refractivity contribution in [3.8, 4) is 12.3 Å². The Kier molecular flexibility index (Phi) is 3.90. The number of carbonyl (C=O) groups excluding carboxylic acids is 1. The Morgan fingerprint density at radius 1 is 1.39 bits per heavy atom. The number of terminal acetylenes is 1. The molecule has 0 radical (unpaired) electrons. The molecule has 0 aliphatic rings. The highest BCUT2D eigenvalue weighted by atomic mass is 16.1. The molecule has 1 heterocycles. The van der Waals surface area contributed by atoms with Gasteiger partial charge >= 0.3 is 0 Å². The van der Waals surface area contributed by atoms with Crippen LogP contribution in [0, 0.1) is 12.3 Å². The topological polar surface area (TPSA) is 54.0 Å². The molecular formula is C14H13N3O. The zero-order valence-electron chi connectivity index (χ0n) is 9.81. The standard InChI is InChI=1S/C14H13N3O/c1-2-7-15-10-14(18)17-12-8-11-5-3-4-6-13(11)16-9-12/h1,3-6,8-9,15H,7,10H2,(H,17,18). The number of nitrogens with zero attached hydrogens (tertiary/aromatic N) is 1. The minimum atomic E-state index is -0.137. The SMILES string of the molecule is C#CCNCC(=O)Nc1cnc2ccccc2c1. The summed E-state index contributed by atoms with van der Waals surface area (Å²) in [5.41, 5.74) is 1.59. The Morgan fingerprint density at radius 3 is 3.06 bits per heavy atom. The highest BCUT2D eigenvalue weighted by molar-refractivity contribution is 5.94. The van der Waals surface area contributed by atoms with Gasteiger partial charge in [-0.2, -0.15) is 0 Å². The van der Waals surface area contributed by atoms with Crippen molar-refractivity contribution in [3.63, 3.8) is 0 Å². The normalized spacial score (nSPS) is 9.94. The van der Waals surface area contributed by atoms with E-state index >= 15 is 0 Å². The molecule has 4 nitrogen and oxygen atoms in total. The van der Waals surface area contributed by atoms with Crippen LogP contribution in [0.4, 0.5) is 5.69 Å². The summed E-state index contributed by atoms with van der Waals surface area (Å²) in [6.45, 7) is 0.570. The van der Waals surface area contributed by atoms with Gasteiger partial charge in [-0.05, 0) is 12.1 Å². The second-order valence-electron chi connectivity index (χ2n) is 3.77. The van der Waals surface area contributed by atoms with Gasteiger partial charge in [0.15, 0.2) is 0 Å². The van der Waals surface area contributed by atoms with E-state index in [1.165, 1.54) is 0 Å². The largest absolute Gasteiger partial charge is 0.324 e. The van der Waals surface area contributed by atoms with Crippen LogP contribution in [0.5, 0.6) is 0 Å². The lowest BCUT2D eigenvalue weighted by atomic mass is 10.2. The summed E-state index contributed by atoms with van der Waals surface area (Å²) >= 11 is 0. The molecule has 0 fully saturated rings. The van der Waals surface area contributed by atoms with E-state index in [9.17, 15) is 4.79 Å². The van der Waals surface area contributed by atoms with Gasteiger partial charge in [-0.1, -0.05) is 24.1 Å². The zero-order valence-corrected chi connectivity index (χ0v) is 9.81. The molecule has 0 spiro atoms. The third-order valence-electron chi connectivity index (χ3n) is 2.39. The van der Waals surface area contributed by atoms with Gasteiger partial charge in [0.1, 0.15) is 0 Å². The van der Waals surface area contributed by atoms with Crippen molar-refractivity contribution < 1.29 is 4.79 Å². The molecule has 0 aliphatic heterocycles. The molecule has 0 saturated heterocycles. The average molecular weight is 239 g/mol. The van der Waals surface area contributed by atoms with Crippen LogP contribution in [-0.2, 0) is 4.79 Å². The van der Waals surface area contributed by atoms with Gasteiger partial charge < -0.3 is 5.32 Å². The maximum absolute atomic E-state index is 11.6. The first-order valence-electron chi connectivity index (χ1n) is 5.58. The second-order valence-corrected chi connectivity index (χ2v) is 3.77. The molecule has 1 amide bonds. The number of fused-ring (bicyclic) bond motifs is 1. The third-order valence-corrected chi connectivity index (χ3v) is 2.39. The predicted molar refractivity (Wildman–Crippen MR) is 72.1 cm³/mol. The smallest absolute Gasteiger partial charge is 0.238 e. The Bertz CT molecular complexity index is 601. The highest BCUT2D eigenvalue weighted by Crippen LogP contribution is 2.15. The summed E-state index contributed by atoms with van der Waals surface area (Å²) < 4.78 is 0. The van der Waals surface area contributed by atoms with Gasteiger partial charge in [-0.15, -0.1) is 6.42 Å². The number of benzene rings is 1. The van der Waals surface area contributed by atoms with Gasteiger partial charge in [0.25, 0.3) is 0 Å². The van der Waals surface area contributed by atoms with E-state index in [4.69, 9.17) is 6.42 Å². The fourth-order valence-electron chi connectivity index (χ4n) is 1.59. The molecule has 2 N–H and O–H groups in total. The van der Waals surface area contributed by atoms with Crippen LogP contribution in [0.25, 0.3) is 10.9 Å². The summed E-state index contributed by atoms with van der Waals surface area (Å²) in [6.07, 6.45) is 6.72. The minimum Gasteiger partial charge on any atom is -0.324 e. The molecule has 1 aromatic heterocycles. The monoisotopic (exact) mass is 239 g/mol. The average Bonchev–Trinajstić information content (AvgIpc) is 2.39. The Labute approximate surface area is 105 Å². The van der Waals surface area contributed by atoms with Crippen LogP contribution in [0.1, 0.15) is 0 Å². The summed E-state index contributed by atoms with van der Waals surface area (Å²) in [5.74, 6) is 2.27. The van der Waals surface area contributed by atoms with E-state index in [-0.39, 0.29) is 12.5 Å². The lowest BCUT2D eigenvalue weighted by molar-refractivity contribution is -0.115. The summed E-state index contributed by atoms with van der Waals surface area (Å²) in [7, 11) is 0. The van der Waals surface area contributed by atoms with Gasteiger partial charge in [0.2, 0.25) is 5.91 Å². The van der Waals surface area contributed by atoms with Gasteiger partial charge in [0, 0.05) is 5.39 Å². The van der Waals surface area contributed by atoms with E-state index < -0.39 is 0 Å². The molecule has 2 rings (SSSR count). The van der Waals surface area contributed by atoms with Crippen LogP contribution in [0.15, 0.2) is 36.5 Å². The third kappa shape index (κ3) is 3.06. The molecule has 0 atom stereocenters. The number of hydrogen-bond acceptors (Lipinski definition) is 3. The van der Waals surface area contributed by atoms with Crippen molar-refractivity contribution in [1.29, 1.82) is 0 Å². The van der Waals surface area contributed by atoms with E-state index in [2.05, 4.69) is 21.5 Å². The van der Waals surface area contributed by atoms with Crippen molar-refractivity contribution in [3.05, 3.63) is 36.5 Å². The van der Waals surface area contributed by atoms with Crippen LogP contribution >= 0.6 is 0 Å². The van der Waals surface area contributed by atoms with Crippen molar-refractivity contribution >= 4 is 22.5 Å². The lowest BCUT2D eigenvalue weighted by Crippen LogP contribution is -2.28. The van der Waals surface area contributed by atoms with E-state index in [0.717, 1.165) is 10.9 Å². The number of amides is 1. The van der Waals surface area contributed by atoms with Crippen molar-refractivity contribution in [1.82, 2.24) is 10.3 Å². The van der Waals surface area contributed by atoms with E-state index in [0.29, 0.717) is 12.2 Å². The summed E-state index contributed by atoms with van der Waals surface area (Å²) in [4.78, 5) is 15.8. The fourth-order valence-corrected chi connectivity index (χ4v) is 1.59. The van der Waals surface area contributed by atoms with Crippen LogP contribution < -0.4 is 10.6 Å². The number of pyridine rings is 1. The lowest BCUT2D eigenvalue weighted by Gasteiger charge is -2.06. The predicted octanol–water partition coefficient (Wildman–Crippen LogP) is 1.40. The van der Waals surface area contributed by atoms with Crippen LogP contribution in [-0.4, -0.2) is 24.0 Å². The minimum absolute atomic E-state index is 0.137. The maximum atomic E-state index is 11.6. The molecule has 90 valence electrons. The molecule has 0 aliphatic carbocycles.